The quantitative estimate of drug-likeness (QED) is 0.0536. The predicted octanol–water partition coefficient (Wildman–Crippen LogP) is 5.10. The number of nitrogens with one attached hydrogen (secondary N) is 3. The van der Waals surface area contributed by atoms with Crippen molar-refractivity contribution in [3.8, 4) is 0 Å². The van der Waals surface area contributed by atoms with Crippen molar-refractivity contribution < 1.29 is 67.1 Å². The summed E-state index contributed by atoms with van der Waals surface area (Å²) in [6, 6.07) is 4.10. The number of aliphatic hydroxyl groups is 1. The number of methoxy groups -OCH3 is 4. The Hall–Kier alpha value is -5.60. The first-order valence-corrected chi connectivity index (χ1v) is 26.8. The van der Waals surface area contributed by atoms with Crippen LogP contribution in [0.15, 0.2) is 42.5 Å². The minimum atomic E-state index is -1.25. The zero-order valence-electron chi connectivity index (χ0n) is 47.8. The number of likely N-dealkylation sites (tertiary alicyclic amines) is 1. The summed E-state index contributed by atoms with van der Waals surface area (Å²) in [4.78, 5) is 114. The molecule has 6 amide bonds. The first-order chi connectivity index (χ1) is 35.8. The molecular formula is C56H90N6O14. The second-order valence-electron chi connectivity index (χ2n) is 21.6. The number of ether oxygens (including phenoxy) is 5. The molecule has 20 heteroatoms. The van der Waals surface area contributed by atoms with Gasteiger partial charge in [-0.15, -0.1) is 0 Å². The van der Waals surface area contributed by atoms with Crippen LogP contribution in [-0.2, 0) is 57.2 Å². The standard InChI is InChI=1S/C56H90N6O14/c1-16-35(6)47(42(72-12)32-43(63)62-30-22-26-41(62)49(74-14)36(7)50(66)57-37(8)48(65)38-23-18-17-19-24-38)60(10)52(68)45(33(2)3)59-51(67)46(34(4)5)61(11)55(71)76-39-25-20-21-28-56(9,29-27-39)54(70)58-40(53(69)75-15)31-44(64)73-13/h17-20,23-25,33-37,39-42,45-49,65H,16,21-22,26-32H2,1-15H3,(H,57,66)(H,58,70)(H,59,67)/b25-20+/t35-,36+,37?,39-,40-,41-,42+,45-,46-,47-,48+,49+,56+/m0/s1. The third kappa shape index (κ3) is 17.2. The molecule has 0 radical (unpaired) electrons. The number of amides is 6. The molecule has 13 atom stereocenters. The topological polar surface area (TPSA) is 249 Å². The Bertz CT molecular complexity index is 2120. The molecule has 1 aliphatic carbocycles. The summed E-state index contributed by atoms with van der Waals surface area (Å²) < 4.78 is 27.5. The van der Waals surface area contributed by atoms with E-state index < -0.39 is 126 Å². The second-order valence-corrected chi connectivity index (χ2v) is 21.6. The number of allylic oxidation sites excluding steroid dienone is 1. The summed E-state index contributed by atoms with van der Waals surface area (Å²) in [6.45, 7) is 16.8. The van der Waals surface area contributed by atoms with Crippen LogP contribution in [0.5, 0.6) is 0 Å². The summed E-state index contributed by atoms with van der Waals surface area (Å²) in [5.41, 5.74) is -0.337. The van der Waals surface area contributed by atoms with Crippen LogP contribution in [0.2, 0.25) is 0 Å². The van der Waals surface area contributed by atoms with Gasteiger partial charge >= 0.3 is 18.0 Å². The molecule has 1 aromatic rings. The van der Waals surface area contributed by atoms with Gasteiger partial charge in [0.2, 0.25) is 29.5 Å². The van der Waals surface area contributed by atoms with Crippen molar-refractivity contribution in [2.45, 2.75) is 181 Å². The maximum atomic E-state index is 14.8. The molecule has 20 nitrogen and oxygen atoms in total. The van der Waals surface area contributed by atoms with Gasteiger partial charge in [-0.2, -0.15) is 0 Å². The molecule has 428 valence electrons. The normalized spacial score (nSPS) is 22.1. The molecule has 1 fully saturated rings. The van der Waals surface area contributed by atoms with E-state index in [4.69, 9.17) is 23.7 Å². The lowest BCUT2D eigenvalue weighted by Gasteiger charge is -2.41. The van der Waals surface area contributed by atoms with Crippen molar-refractivity contribution in [2.24, 2.45) is 29.1 Å². The number of aliphatic hydroxyl groups excluding tert-OH is 1. The van der Waals surface area contributed by atoms with Crippen LogP contribution in [0, 0.1) is 29.1 Å². The van der Waals surface area contributed by atoms with Crippen LogP contribution in [0.3, 0.4) is 0 Å². The molecule has 0 bridgehead atoms. The van der Waals surface area contributed by atoms with Crippen molar-refractivity contribution in [1.82, 2.24) is 30.7 Å². The van der Waals surface area contributed by atoms with Crippen LogP contribution in [0.1, 0.15) is 132 Å². The molecule has 1 unspecified atom stereocenters. The summed E-state index contributed by atoms with van der Waals surface area (Å²) in [5, 5.41) is 19.5. The molecule has 1 aliphatic heterocycles. The minimum Gasteiger partial charge on any atom is -0.469 e. The number of carbonyl (C=O) groups is 8. The van der Waals surface area contributed by atoms with Crippen molar-refractivity contribution >= 4 is 47.6 Å². The van der Waals surface area contributed by atoms with Gasteiger partial charge in [0.25, 0.3) is 0 Å². The third-order valence-electron chi connectivity index (χ3n) is 15.5. The molecule has 0 spiro atoms. The number of carbonyl (C=O) groups excluding carboxylic acids is 8. The fourth-order valence-electron chi connectivity index (χ4n) is 10.5. The van der Waals surface area contributed by atoms with E-state index in [0.29, 0.717) is 44.2 Å². The Morgan fingerprint density at radius 3 is 2.03 bits per heavy atom. The summed E-state index contributed by atoms with van der Waals surface area (Å²) in [5.74, 6) is -5.15. The summed E-state index contributed by atoms with van der Waals surface area (Å²) in [6.07, 6.45) is 2.42. The van der Waals surface area contributed by atoms with Crippen molar-refractivity contribution in [1.29, 1.82) is 0 Å². The smallest absolute Gasteiger partial charge is 0.410 e. The average molecular weight is 1070 g/mol. The Labute approximate surface area is 451 Å². The van der Waals surface area contributed by atoms with E-state index in [1.54, 1.807) is 75.8 Å². The fraction of sp³-hybridized carbons (Fsp3) is 0.714. The maximum Gasteiger partial charge on any atom is 0.410 e. The van der Waals surface area contributed by atoms with Crippen molar-refractivity contribution in [3.63, 3.8) is 0 Å². The largest absolute Gasteiger partial charge is 0.469 e. The lowest BCUT2D eigenvalue weighted by atomic mass is 9.77. The number of rotatable bonds is 26. The summed E-state index contributed by atoms with van der Waals surface area (Å²) in [7, 11) is 8.46. The average Bonchev–Trinajstić information content (AvgIpc) is 3.88. The van der Waals surface area contributed by atoms with E-state index in [0.717, 1.165) is 7.11 Å². The highest BCUT2D eigenvalue weighted by molar-refractivity contribution is 5.92. The van der Waals surface area contributed by atoms with Gasteiger partial charge in [0.15, 0.2) is 0 Å². The van der Waals surface area contributed by atoms with Crippen LogP contribution < -0.4 is 16.0 Å². The van der Waals surface area contributed by atoms with E-state index >= 15 is 0 Å². The number of esters is 2. The first-order valence-electron chi connectivity index (χ1n) is 26.8. The van der Waals surface area contributed by atoms with Crippen molar-refractivity contribution in [2.75, 3.05) is 49.1 Å². The Balaban J connectivity index is 1.75. The van der Waals surface area contributed by atoms with Crippen LogP contribution in [-0.4, -0.2) is 171 Å². The number of hydrogen-bond donors (Lipinski definition) is 4. The highest BCUT2D eigenvalue weighted by atomic mass is 16.6. The molecule has 0 aromatic heterocycles. The van der Waals surface area contributed by atoms with Crippen LogP contribution in [0.25, 0.3) is 0 Å². The minimum absolute atomic E-state index is 0.0759. The van der Waals surface area contributed by atoms with Gasteiger partial charge in [0.1, 0.15) is 24.2 Å². The van der Waals surface area contributed by atoms with Gasteiger partial charge < -0.3 is 54.5 Å². The van der Waals surface area contributed by atoms with E-state index in [1.807, 2.05) is 45.9 Å². The molecule has 76 heavy (non-hydrogen) atoms. The van der Waals surface area contributed by atoms with Gasteiger partial charge in [0.05, 0.1) is 69.4 Å². The molecule has 1 saturated heterocycles. The Morgan fingerprint density at radius 2 is 1.46 bits per heavy atom. The van der Waals surface area contributed by atoms with E-state index in [2.05, 4.69) is 16.0 Å². The number of likely N-dealkylation sites (N-methyl/N-ethyl adjacent to an activating group) is 2. The number of nitrogens with zero attached hydrogens (tertiary/aromatic N) is 3. The predicted molar refractivity (Wildman–Crippen MR) is 285 cm³/mol. The maximum absolute atomic E-state index is 14.8. The first kappa shape index (κ1) is 64.7. The van der Waals surface area contributed by atoms with E-state index in [1.165, 1.54) is 33.3 Å². The summed E-state index contributed by atoms with van der Waals surface area (Å²) >= 11 is 0. The second kappa shape index (κ2) is 30.4. The molecule has 4 N–H and O–H groups in total. The van der Waals surface area contributed by atoms with Gasteiger partial charge in [-0.25, -0.2) is 9.59 Å². The fourth-order valence-corrected chi connectivity index (χ4v) is 10.5. The molecule has 0 saturated carbocycles. The third-order valence-corrected chi connectivity index (χ3v) is 15.5. The number of hydrogen-bond acceptors (Lipinski definition) is 14. The highest BCUT2D eigenvalue weighted by Gasteiger charge is 2.44. The lowest BCUT2D eigenvalue weighted by Crippen LogP contribution is -2.60. The zero-order valence-corrected chi connectivity index (χ0v) is 47.8. The van der Waals surface area contributed by atoms with Crippen LogP contribution >= 0.6 is 0 Å². The molecular weight excluding hydrogens is 981 g/mol. The Kier molecular flexibility index (Phi) is 25.8. The molecule has 1 aromatic carbocycles. The van der Waals surface area contributed by atoms with Gasteiger partial charge in [0, 0.05) is 40.3 Å². The molecule has 3 rings (SSSR count). The van der Waals surface area contributed by atoms with Crippen LogP contribution in [0.4, 0.5) is 4.79 Å². The van der Waals surface area contributed by atoms with Gasteiger partial charge in [-0.1, -0.05) is 98.2 Å². The Morgan fingerprint density at radius 1 is 0.803 bits per heavy atom. The van der Waals surface area contributed by atoms with Gasteiger partial charge in [-0.05, 0) is 74.8 Å². The molecule has 2 aliphatic rings. The van der Waals surface area contributed by atoms with E-state index in [-0.39, 0.29) is 37.0 Å². The SMILES string of the molecule is CC[C@H](C)[C@@H]([C@@H](CC(=O)N1CCC[C@H]1[C@H](OC)[C@@H](C)C(=O)NC(C)[C@@H](O)c1ccccc1)OC)N(C)C(=O)[C@@H](NC(=O)[C@H](C(C)C)N(C)C(=O)O[C@H]1/C=C/CC[C@@](C)(C(=O)N[C@@H](CC(=O)OC)C(=O)OC)CC1)C(C)C. The van der Waals surface area contributed by atoms with Crippen molar-refractivity contribution in [3.05, 3.63) is 48.0 Å². The monoisotopic (exact) mass is 1070 g/mol. The van der Waals surface area contributed by atoms with E-state index in [9.17, 15) is 43.5 Å². The highest BCUT2D eigenvalue weighted by Crippen LogP contribution is 2.34. The zero-order chi connectivity index (χ0) is 57.2. The molecule has 1 heterocycles. The van der Waals surface area contributed by atoms with Gasteiger partial charge in [-0.3, -0.25) is 33.7 Å². The number of benzene rings is 1. The lowest BCUT2D eigenvalue weighted by molar-refractivity contribution is -0.151.